The number of aromatic carboxylic acids is 1. The fourth-order valence-corrected chi connectivity index (χ4v) is 2.56. The lowest BCUT2D eigenvalue weighted by Crippen LogP contribution is -1.96. The minimum atomic E-state index is -1.21. The van der Waals surface area contributed by atoms with E-state index in [4.69, 9.17) is 14.6 Å². The first-order chi connectivity index (χ1) is 11.0. The fourth-order valence-electron chi connectivity index (χ4n) is 1.94. The van der Waals surface area contributed by atoms with E-state index in [2.05, 4.69) is 20.9 Å². The zero-order chi connectivity index (χ0) is 17.0. The van der Waals surface area contributed by atoms with E-state index < -0.39 is 5.97 Å². The summed E-state index contributed by atoms with van der Waals surface area (Å²) in [4.78, 5) is 15.2. The number of hydrogen-bond acceptors (Lipinski definition) is 5. The van der Waals surface area contributed by atoms with E-state index in [1.165, 1.54) is 25.3 Å². The number of phenols is 1. The largest absolute Gasteiger partial charge is 0.507 e. The Balaban J connectivity index is 2.35. The van der Waals surface area contributed by atoms with Gasteiger partial charge < -0.3 is 19.7 Å². The second-order valence-electron chi connectivity index (χ2n) is 4.50. The van der Waals surface area contributed by atoms with Gasteiger partial charge in [-0.2, -0.15) is 0 Å². The molecular weight excluding hydrogens is 366 g/mol. The Hall–Kier alpha value is -2.54. The smallest absolute Gasteiger partial charge is 0.339 e. The molecule has 0 fully saturated rings. The molecule has 7 heteroatoms. The van der Waals surface area contributed by atoms with Gasteiger partial charge in [0.1, 0.15) is 11.3 Å². The van der Waals surface area contributed by atoms with Gasteiger partial charge in [-0.1, -0.05) is 0 Å². The second-order valence-corrected chi connectivity index (χ2v) is 5.36. The average molecular weight is 380 g/mol. The Kier molecular flexibility index (Phi) is 5.23. The van der Waals surface area contributed by atoms with Crippen LogP contribution in [0.1, 0.15) is 15.9 Å². The van der Waals surface area contributed by atoms with Crippen LogP contribution in [0.5, 0.6) is 17.2 Å². The van der Waals surface area contributed by atoms with Crippen LogP contribution in [0, 0.1) is 0 Å². The third-order valence-corrected chi connectivity index (χ3v) is 3.62. The maximum absolute atomic E-state index is 11.0. The van der Waals surface area contributed by atoms with Crippen LogP contribution in [0.2, 0.25) is 0 Å². The van der Waals surface area contributed by atoms with Crippen molar-refractivity contribution in [2.75, 3.05) is 14.2 Å². The van der Waals surface area contributed by atoms with Gasteiger partial charge in [0.15, 0.2) is 11.5 Å². The number of halogens is 1. The van der Waals surface area contributed by atoms with Crippen molar-refractivity contribution in [1.82, 2.24) is 0 Å². The van der Waals surface area contributed by atoms with Crippen molar-refractivity contribution >= 4 is 33.8 Å². The molecule has 0 aliphatic rings. The predicted octanol–water partition coefficient (Wildman–Crippen LogP) is 3.62. The molecule has 0 saturated carbocycles. The van der Waals surface area contributed by atoms with Gasteiger partial charge in [0, 0.05) is 6.21 Å². The molecule has 0 amide bonds. The summed E-state index contributed by atoms with van der Waals surface area (Å²) in [6, 6.07) is 7.65. The molecule has 0 bridgehead atoms. The minimum absolute atomic E-state index is 0.201. The topological polar surface area (TPSA) is 88.4 Å². The van der Waals surface area contributed by atoms with Crippen LogP contribution in [-0.4, -0.2) is 36.6 Å². The summed E-state index contributed by atoms with van der Waals surface area (Å²) in [5.74, 6) is -0.401. The number of aromatic hydroxyl groups is 1. The van der Waals surface area contributed by atoms with Crippen LogP contribution in [0.25, 0.3) is 0 Å². The summed E-state index contributed by atoms with van der Waals surface area (Å²) >= 11 is 3.39. The zero-order valence-electron chi connectivity index (χ0n) is 12.4. The number of hydrogen-bond donors (Lipinski definition) is 2. The highest BCUT2D eigenvalue weighted by molar-refractivity contribution is 9.10. The summed E-state index contributed by atoms with van der Waals surface area (Å²) < 4.78 is 11.2. The summed E-state index contributed by atoms with van der Waals surface area (Å²) in [5, 5.41) is 18.5. The van der Waals surface area contributed by atoms with Crippen LogP contribution >= 0.6 is 15.9 Å². The molecule has 2 aromatic carbocycles. The number of carbonyl (C=O) groups is 1. The number of nitrogens with zero attached hydrogens (tertiary/aromatic N) is 1. The van der Waals surface area contributed by atoms with Crippen molar-refractivity contribution in [3.05, 3.63) is 45.9 Å². The SMILES string of the molecule is COc1cc(C=Nc2ccc(O)c(C(=O)O)c2)cc(Br)c1OC. The molecular formula is C16H14BrNO5. The zero-order valence-corrected chi connectivity index (χ0v) is 14.0. The van der Waals surface area contributed by atoms with Crippen LogP contribution in [0.15, 0.2) is 39.8 Å². The van der Waals surface area contributed by atoms with Crippen LogP contribution in [0.4, 0.5) is 5.69 Å². The van der Waals surface area contributed by atoms with E-state index in [0.717, 1.165) is 5.56 Å². The highest BCUT2D eigenvalue weighted by atomic mass is 79.9. The summed E-state index contributed by atoms with van der Waals surface area (Å²) in [5.41, 5.74) is 0.943. The fraction of sp³-hybridized carbons (Fsp3) is 0.125. The highest BCUT2D eigenvalue weighted by Crippen LogP contribution is 2.36. The quantitative estimate of drug-likeness (QED) is 0.774. The third-order valence-electron chi connectivity index (χ3n) is 3.03. The van der Waals surface area contributed by atoms with Crippen LogP contribution in [-0.2, 0) is 0 Å². The molecule has 0 aromatic heterocycles. The first-order valence-corrected chi connectivity index (χ1v) is 7.27. The van der Waals surface area contributed by atoms with Gasteiger partial charge in [0.25, 0.3) is 0 Å². The van der Waals surface area contributed by atoms with Gasteiger partial charge in [-0.25, -0.2) is 4.79 Å². The first kappa shape index (κ1) is 16.8. The standard InChI is InChI=1S/C16H14BrNO5/c1-22-14-6-9(5-12(17)15(14)23-2)8-18-10-3-4-13(19)11(7-10)16(20)21/h3-8,19H,1-2H3,(H,20,21). The highest BCUT2D eigenvalue weighted by Gasteiger charge is 2.11. The lowest BCUT2D eigenvalue weighted by Gasteiger charge is -2.10. The molecule has 0 aliphatic carbocycles. The maximum atomic E-state index is 11.0. The van der Waals surface area contributed by atoms with Crippen molar-refractivity contribution in [1.29, 1.82) is 0 Å². The van der Waals surface area contributed by atoms with Crippen molar-refractivity contribution < 1.29 is 24.5 Å². The molecule has 6 nitrogen and oxygen atoms in total. The Morgan fingerprint density at radius 3 is 2.57 bits per heavy atom. The number of carboxylic acids is 1. The van der Waals surface area contributed by atoms with E-state index in [-0.39, 0.29) is 11.3 Å². The molecule has 0 heterocycles. The minimum Gasteiger partial charge on any atom is -0.507 e. The molecule has 0 spiro atoms. The Bertz CT molecular complexity index is 773. The molecule has 0 aliphatic heterocycles. The molecule has 0 unspecified atom stereocenters. The lowest BCUT2D eigenvalue weighted by atomic mass is 10.1. The summed E-state index contributed by atoms with van der Waals surface area (Å²) in [7, 11) is 3.07. The molecule has 0 saturated heterocycles. The lowest BCUT2D eigenvalue weighted by molar-refractivity contribution is 0.0694. The number of carboxylic acid groups (broad SMARTS) is 1. The van der Waals surface area contributed by atoms with E-state index in [1.54, 1.807) is 25.5 Å². The molecule has 2 N–H and O–H groups in total. The second kappa shape index (κ2) is 7.15. The molecule has 0 atom stereocenters. The molecule has 23 heavy (non-hydrogen) atoms. The van der Waals surface area contributed by atoms with Gasteiger partial charge in [-0.05, 0) is 51.8 Å². The van der Waals surface area contributed by atoms with Gasteiger partial charge in [0.2, 0.25) is 0 Å². The van der Waals surface area contributed by atoms with Gasteiger partial charge in [0.05, 0.1) is 24.4 Å². The molecule has 120 valence electrons. The van der Waals surface area contributed by atoms with Crippen molar-refractivity contribution in [2.45, 2.75) is 0 Å². The van der Waals surface area contributed by atoms with E-state index >= 15 is 0 Å². The van der Waals surface area contributed by atoms with Crippen molar-refractivity contribution in [2.24, 2.45) is 4.99 Å². The number of benzene rings is 2. The number of ether oxygens (including phenoxy) is 2. The number of rotatable bonds is 5. The molecule has 2 rings (SSSR count). The first-order valence-electron chi connectivity index (χ1n) is 6.48. The van der Waals surface area contributed by atoms with E-state index in [1.807, 2.05) is 0 Å². The van der Waals surface area contributed by atoms with Crippen molar-refractivity contribution in [3.8, 4) is 17.2 Å². The third kappa shape index (κ3) is 3.81. The van der Waals surface area contributed by atoms with Gasteiger partial charge in [-0.15, -0.1) is 0 Å². The van der Waals surface area contributed by atoms with Gasteiger partial charge >= 0.3 is 5.97 Å². The van der Waals surface area contributed by atoms with Crippen LogP contribution < -0.4 is 9.47 Å². The summed E-state index contributed by atoms with van der Waals surface area (Å²) in [6.07, 6.45) is 1.56. The van der Waals surface area contributed by atoms with E-state index in [9.17, 15) is 9.90 Å². The number of methoxy groups -OCH3 is 2. The maximum Gasteiger partial charge on any atom is 0.339 e. The molecule has 2 aromatic rings. The normalized spacial score (nSPS) is 10.7. The van der Waals surface area contributed by atoms with Crippen LogP contribution in [0.3, 0.4) is 0 Å². The monoisotopic (exact) mass is 379 g/mol. The van der Waals surface area contributed by atoms with E-state index in [0.29, 0.717) is 21.7 Å². The summed E-state index contributed by atoms with van der Waals surface area (Å²) in [6.45, 7) is 0. The Morgan fingerprint density at radius 1 is 1.22 bits per heavy atom. The Morgan fingerprint density at radius 2 is 1.96 bits per heavy atom. The number of aliphatic imine (C=N–C) groups is 1. The van der Waals surface area contributed by atoms with Crippen molar-refractivity contribution in [3.63, 3.8) is 0 Å². The average Bonchev–Trinajstić information content (AvgIpc) is 2.53. The molecule has 0 radical (unpaired) electrons. The Labute approximate surface area is 141 Å². The predicted molar refractivity (Wildman–Crippen MR) is 89.6 cm³/mol. The van der Waals surface area contributed by atoms with Gasteiger partial charge in [-0.3, -0.25) is 4.99 Å².